The van der Waals surface area contributed by atoms with Gasteiger partial charge < -0.3 is 4.90 Å². The monoisotopic (exact) mass is 244 g/mol. The van der Waals surface area contributed by atoms with Gasteiger partial charge in [-0.1, -0.05) is 42.1 Å². The van der Waals surface area contributed by atoms with Gasteiger partial charge in [-0.05, 0) is 12.5 Å². The molecule has 0 aliphatic carbocycles. The summed E-state index contributed by atoms with van der Waals surface area (Å²) in [6, 6.07) is 11.7. The fraction of sp³-hybridized carbons (Fsp3) is 0.231. The predicted octanol–water partition coefficient (Wildman–Crippen LogP) is 2.47. The van der Waals surface area contributed by atoms with E-state index in [0.717, 1.165) is 10.6 Å². The van der Waals surface area contributed by atoms with Gasteiger partial charge >= 0.3 is 0 Å². The maximum Gasteiger partial charge on any atom is 0.237 e. The minimum absolute atomic E-state index is 0.0798. The number of carbonyl (C=O) groups excluding carboxylic acids is 1. The quantitative estimate of drug-likeness (QED) is 0.751. The SMILES string of the molecule is CCN1C(=O)CS/C1=C(\C#N)c1ccccc1. The molecule has 0 spiro atoms. The van der Waals surface area contributed by atoms with Gasteiger partial charge in [0.1, 0.15) is 6.07 Å². The van der Waals surface area contributed by atoms with E-state index in [1.165, 1.54) is 11.8 Å². The summed E-state index contributed by atoms with van der Waals surface area (Å²) in [5, 5.41) is 10.1. The molecule has 1 aliphatic heterocycles. The molecule has 0 aromatic heterocycles. The van der Waals surface area contributed by atoms with Gasteiger partial charge in [-0.2, -0.15) is 5.26 Å². The Bertz CT molecular complexity index is 502. The molecule has 1 saturated heterocycles. The summed E-state index contributed by atoms with van der Waals surface area (Å²) in [6.45, 7) is 2.53. The van der Waals surface area contributed by atoms with E-state index in [1.807, 2.05) is 37.3 Å². The number of amides is 1. The minimum Gasteiger partial charge on any atom is -0.305 e. The van der Waals surface area contributed by atoms with Crippen LogP contribution in [0.2, 0.25) is 0 Å². The van der Waals surface area contributed by atoms with Crippen LogP contribution in [0.25, 0.3) is 5.57 Å². The van der Waals surface area contributed by atoms with Crippen LogP contribution in [-0.4, -0.2) is 23.1 Å². The predicted molar refractivity (Wildman–Crippen MR) is 68.8 cm³/mol. The van der Waals surface area contributed by atoms with E-state index in [1.54, 1.807) is 4.90 Å². The largest absolute Gasteiger partial charge is 0.305 e. The van der Waals surface area contributed by atoms with Crippen LogP contribution >= 0.6 is 11.8 Å². The molecule has 0 radical (unpaired) electrons. The van der Waals surface area contributed by atoms with Crippen molar-refractivity contribution in [1.29, 1.82) is 5.26 Å². The van der Waals surface area contributed by atoms with Crippen molar-refractivity contribution in [3.8, 4) is 6.07 Å². The average molecular weight is 244 g/mol. The molecule has 86 valence electrons. The molecule has 1 heterocycles. The van der Waals surface area contributed by atoms with Crippen LogP contribution in [0.1, 0.15) is 12.5 Å². The first-order valence-corrected chi connectivity index (χ1v) is 6.39. The molecule has 1 aliphatic rings. The van der Waals surface area contributed by atoms with E-state index in [0.29, 0.717) is 17.9 Å². The standard InChI is InChI=1S/C13H12N2OS/c1-2-15-12(16)9-17-13(15)11(8-14)10-6-4-3-5-7-10/h3-7H,2,9H2,1H3/b13-11+. The Morgan fingerprint density at radius 3 is 2.76 bits per heavy atom. The van der Waals surface area contributed by atoms with Crippen molar-refractivity contribution in [2.24, 2.45) is 0 Å². The molecule has 0 bridgehead atoms. The smallest absolute Gasteiger partial charge is 0.237 e. The molecule has 0 N–H and O–H groups in total. The average Bonchev–Trinajstić information content (AvgIpc) is 2.73. The number of thioether (sulfide) groups is 1. The van der Waals surface area contributed by atoms with E-state index in [2.05, 4.69) is 6.07 Å². The number of rotatable bonds is 2. The lowest BCUT2D eigenvalue weighted by molar-refractivity contribution is -0.125. The molecule has 1 aromatic rings. The van der Waals surface area contributed by atoms with Gasteiger partial charge in [0.2, 0.25) is 5.91 Å². The zero-order valence-electron chi connectivity index (χ0n) is 9.51. The number of benzene rings is 1. The number of allylic oxidation sites excluding steroid dienone is 1. The van der Waals surface area contributed by atoms with Crippen molar-refractivity contribution < 1.29 is 4.79 Å². The highest BCUT2D eigenvalue weighted by molar-refractivity contribution is 8.04. The Balaban J connectivity index is 2.49. The first kappa shape index (κ1) is 11.7. The Hall–Kier alpha value is -1.73. The molecule has 3 nitrogen and oxygen atoms in total. The molecule has 17 heavy (non-hydrogen) atoms. The third kappa shape index (κ3) is 2.20. The first-order chi connectivity index (χ1) is 8.27. The van der Waals surface area contributed by atoms with Gasteiger partial charge in [-0.25, -0.2) is 0 Å². The topological polar surface area (TPSA) is 44.1 Å². The molecule has 2 rings (SSSR count). The molecule has 4 heteroatoms. The van der Waals surface area contributed by atoms with Gasteiger partial charge in [0.25, 0.3) is 0 Å². The Labute approximate surface area is 105 Å². The lowest BCUT2D eigenvalue weighted by atomic mass is 10.1. The van der Waals surface area contributed by atoms with Crippen LogP contribution in [0.5, 0.6) is 0 Å². The van der Waals surface area contributed by atoms with Crippen LogP contribution in [0.3, 0.4) is 0 Å². The van der Waals surface area contributed by atoms with E-state index >= 15 is 0 Å². The Kier molecular flexibility index (Phi) is 3.50. The molecule has 0 unspecified atom stereocenters. The van der Waals surface area contributed by atoms with Crippen molar-refractivity contribution in [2.45, 2.75) is 6.92 Å². The van der Waals surface area contributed by atoms with Crippen molar-refractivity contribution in [3.05, 3.63) is 40.9 Å². The molecular weight excluding hydrogens is 232 g/mol. The number of hydrogen-bond acceptors (Lipinski definition) is 3. The Morgan fingerprint density at radius 1 is 1.47 bits per heavy atom. The fourth-order valence-electron chi connectivity index (χ4n) is 1.77. The molecule has 1 amide bonds. The number of hydrogen-bond donors (Lipinski definition) is 0. The summed E-state index contributed by atoms with van der Waals surface area (Å²) < 4.78 is 0. The maximum atomic E-state index is 11.6. The second kappa shape index (κ2) is 5.07. The van der Waals surface area contributed by atoms with Crippen LogP contribution in [0, 0.1) is 11.3 Å². The van der Waals surface area contributed by atoms with Gasteiger partial charge in [0.15, 0.2) is 0 Å². The van der Waals surface area contributed by atoms with Crippen LogP contribution in [0.15, 0.2) is 35.4 Å². The highest BCUT2D eigenvalue weighted by Crippen LogP contribution is 2.34. The first-order valence-electron chi connectivity index (χ1n) is 5.41. The molecule has 0 atom stereocenters. The Morgan fingerprint density at radius 2 is 2.18 bits per heavy atom. The van der Waals surface area contributed by atoms with Crippen molar-refractivity contribution in [1.82, 2.24) is 4.90 Å². The third-order valence-corrected chi connectivity index (χ3v) is 3.67. The summed E-state index contributed by atoms with van der Waals surface area (Å²) >= 11 is 1.44. The number of nitrogens with zero attached hydrogens (tertiary/aromatic N) is 2. The van der Waals surface area contributed by atoms with Crippen LogP contribution in [-0.2, 0) is 4.79 Å². The fourth-order valence-corrected chi connectivity index (χ4v) is 2.88. The molecule has 0 saturated carbocycles. The highest BCUT2D eigenvalue weighted by Gasteiger charge is 2.28. The lowest BCUT2D eigenvalue weighted by Crippen LogP contribution is -2.24. The molecule has 1 aromatic carbocycles. The lowest BCUT2D eigenvalue weighted by Gasteiger charge is -2.15. The zero-order chi connectivity index (χ0) is 12.3. The van der Waals surface area contributed by atoms with Crippen molar-refractivity contribution in [3.63, 3.8) is 0 Å². The van der Waals surface area contributed by atoms with Gasteiger partial charge in [0, 0.05) is 6.54 Å². The number of carbonyl (C=O) groups is 1. The maximum absolute atomic E-state index is 11.6. The summed E-state index contributed by atoms with van der Waals surface area (Å²) in [7, 11) is 0. The third-order valence-electron chi connectivity index (χ3n) is 2.58. The normalized spacial score (nSPS) is 18.1. The van der Waals surface area contributed by atoms with E-state index in [-0.39, 0.29) is 5.91 Å². The van der Waals surface area contributed by atoms with Crippen LogP contribution in [0.4, 0.5) is 0 Å². The highest BCUT2D eigenvalue weighted by atomic mass is 32.2. The van der Waals surface area contributed by atoms with Gasteiger partial charge in [-0.15, -0.1) is 0 Å². The van der Waals surface area contributed by atoms with E-state index in [9.17, 15) is 10.1 Å². The second-order valence-electron chi connectivity index (χ2n) is 3.58. The van der Waals surface area contributed by atoms with Crippen molar-refractivity contribution >= 4 is 23.2 Å². The van der Waals surface area contributed by atoms with Gasteiger partial charge in [-0.3, -0.25) is 4.79 Å². The van der Waals surface area contributed by atoms with Crippen LogP contribution < -0.4 is 0 Å². The summed E-state index contributed by atoms with van der Waals surface area (Å²) in [5.41, 5.74) is 1.45. The zero-order valence-corrected chi connectivity index (χ0v) is 10.3. The molecule has 1 fully saturated rings. The summed E-state index contributed by atoms with van der Waals surface area (Å²) in [6.07, 6.45) is 0. The minimum atomic E-state index is 0.0798. The molecular formula is C13H12N2OS. The van der Waals surface area contributed by atoms with E-state index in [4.69, 9.17) is 0 Å². The second-order valence-corrected chi connectivity index (χ2v) is 4.55. The summed E-state index contributed by atoms with van der Waals surface area (Å²) in [4.78, 5) is 13.3. The van der Waals surface area contributed by atoms with E-state index < -0.39 is 0 Å². The van der Waals surface area contributed by atoms with Crippen molar-refractivity contribution in [2.75, 3.05) is 12.3 Å². The number of nitriles is 1. The van der Waals surface area contributed by atoms with Gasteiger partial charge in [0.05, 0.1) is 16.4 Å². The summed E-state index contributed by atoms with van der Waals surface area (Å²) in [5.74, 6) is 0.512.